The summed E-state index contributed by atoms with van der Waals surface area (Å²) >= 11 is 11.2. The molecule has 2 N–H and O–H groups in total. The molecule has 0 aromatic heterocycles. The minimum Gasteiger partial charge on any atom is -0.480 e. The van der Waals surface area contributed by atoms with Crippen LogP contribution in [0.3, 0.4) is 0 Å². The number of carbonyl (C=O) groups is 1. The molecule has 0 fully saturated rings. The maximum absolute atomic E-state index is 10.5. The van der Waals surface area contributed by atoms with E-state index in [1.165, 1.54) is 6.92 Å². The molecule has 0 aliphatic heterocycles. The Bertz CT molecular complexity index is 270. The third-order valence-electron chi connectivity index (χ3n) is 1.71. The van der Waals surface area contributed by atoms with E-state index >= 15 is 0 Å². The highest BCUT2D eigenvalue weighted by Gasteiger charge is 2.13. The molecule has 0 amide bonds. The number of allylic oxidation sites excluding steroid dienone is 1. The van der Waals surface area contributed by atoms with Crippen LogP contribution >= 0.6 is 23.2 Å². The highest BCUT2D eigenvalue weighted by atomic mass is 35.5. The predicted molar refractivity (Wildman–Crippen MR) is 58.4 cm³/mol. The van der Waals surface area contributed by atoms with E-state index in [9.17, 15) is 4.79 Å². The van der Waals surface area contributed by atoms with Gasteiger partial charge in [0.2, 0.25) is 0 Å². The van der Waals surface area contributed by atoms with Gasteiger partial charge in [-0.05, 0) is 13.3 Å². The fourth-order valence-corrected chi connectivity index (χ4v) is 1.37. The van der Waals surface area contributed by atoms with Gasteiger partial charge in [0.05, 0.1) is 0 Å². The summed E-state index contributed by atoms with van der Waals surface area (Å²) in [7, 11) is 0. The van der Waals surface area contributed by atoms with Crippen LogP contribution < -0.4 is 5.32 Å². The molecule has 80 valence electrons. The van der Waals surface area contributed by atoms with Crippen molar-refractivity contribution in [1.29, 1.82) is 0 Å². The molecule has 0 unspecified atom stereocenters. The van der Waals surface area contributed by atoms with E-state index in [4.69, 9.17) is 28.3 Å². The highest BCUT2D eigenvalue weighted by Crippen LogP contribution is 2.21. The molecule has 0 aliphatic rings. The van der Waals surface area contributed by atoms with Crippen LogP contribution in [0.15, 0.2) is 22.3 Å². The molecular weight excluding hydrogens is 225 g/mol. The van der Waals surface area contributed by atoms with Crippen LogP contribution in [0.25, 0.3) is 0 Å². The Morgan fingerprint density at radius 3 is 2.36 bits per heavy atom. The first-order chi connectivity index (χ1) is 6.40. The first kappa shape index (κ1) is 13.3. The van der Waals surface area contributed by atoms with Gasteiger partial charge in [0.1, 0.15) is 10.5 Å². The van der Waals surface area contributed by atoms with Crippen molar-refractivity contribution >= 4 is 29.2 Å². The molecule has 0 bridgehead atoms. The number of hydrogen-bond acceptors (Lipinski definition) is 2. The first-order valence-electron chi connectivity index (χ1n) is 4.12. The molecule has 0 aliphatic carbocycles. The Hall–Kier alpha value is -0.670. The zero-order valence-electron chi connectivity index (χ0n) is 8.10. The summed E-state index contributed by atoms with van der Waals surface area (Å²) in [5.74, 6) is -0.952. The van der Waals surface area contributed by atoms with Gasteiger partial charge < -0.3 is 10.4 Å². The van der Waals surface area contributed by atoms with Gasteiger partial charge in [-0.25, -0.2) is 0 Å². The Kier molecular flexibility index (Phi) is 5.65. The summed E-state index contributed by atoms with van der Waals surface area (Å²) in [6.07, 6.45) is 0.598. The Balaban J connectivity index is 4.49. The third-order valence-corrected chi connectivity index (χ3v) is 2.16. The number of carboxylic acids is 1. The fourth-order valence-electron chi connectivity index (χ4n) is 0.871. The topological polar surface area (TPSA) is 49.3 Å². The second-order valence-corrected chi connectivity index (χ2v) is 3.72. The number of halogens is 2. The smallest absolute Gasteiger partial charge is 0.325 e. The number of aliphatic carboxylic acids is 1. The highest BCUT2D eigenvalue weighted by molar-refractivity contribution is 6.56. The van der Waals surface area contributed by atoms with Crippen molar-refractivity contribution in [2.24, 2.45) is 0 Å². The molecule has 0 aromatic rings. The second kappa shape index (κ2) is 5.94. The van der Waals surface area contributed by atoms with Crippen molar-refractivity contribution in [3.63, 3.8) is 0 Å². The Labute approximate surface area is 93.4 Å². The lowest BCUT2D eigenvalue weighted by atomic mass is 10.1. The molecule has 1 atom stereocenters. The average Bonchev–Trinajstić information content (AvgIpc) is 2.04. The van der Waals surface area contributed by atoms with E-state index in [0.717, 1.165) is 0 Å². The molecule has 0 radical (unpaired) electrons. The van der Waals surface area contributed by atoms with E-state index in [2.05, 4.69) is 11.9 Å². The van der Waals surface area contributed by atoms with Gasteiger partial charge >= 0.3 is 5.97 Å². The number of hydrogen-bond donors (Lipinski definition) is 2. The largest absolute Gasteiger partial charge is 0.480 e. The molecule has 0 spiro atoms. The van der Waals surface area contributed by atoms with Gasteiger partial charge in [-0.15, -0.1) is 0 Å². The van der Waals surface area contributed by atoms with E-state index in [-0.39, 0.29) is 4.49 Å². The summed E-state index contributed by atoms with van der Waals surface area (Å²) in [5.41, 5.74) is 1.07. The summed E-state index contributed by atoms with van der Waals surface area (Å²) in [6, 6.07) is -0.711. The summed E-state index contributed by atoms with van der Waals surface area (Å²) in [6.45, 7) is 7.04. The minimum absolute atomic E-state index is 0.114. The number of carboxylic acid groups (broad SMARTS) is 1. The van der Waals surface area contributed by atoms with Crippen LogP contribution in [0, 0.1) is 0 Å². The van der Waals surface area contributed by atoms with Gasteiger partial charge in [0, 0.05) is 11.3 Å². The summed E-state index contributed by atoms with van der Waals surface area (Å²) in [5, 5.41) is 11.3. The van der Waals surface area contributed by atoms with Crippen LogP contribution in [0.4, 0.5) is 0 Å². The first-order valence-corrected chi connectivity index (χ1v) is 4.88. The second-order valence-electron chi connectivity index (χ2n) is 2.78. The van der Waals surface area contributed by atoms with Crippen LogP contribution in [0.5, 0.6) is 0 Å². The molecule has 0 saturated carbocycles. The molecular formula is C9H13Cl2NO2. The third kappa shape index (κ3) is 4.03. The van der Waals surface area contributed by atoms with Crippen LogP contribution in [0.1, 0.15) is 20.3 Å². The SMILES string of the molecule is C=C(N[C@@H](C)C(=O)O)C(CC)=C(Cl)Cl. The van der Waals surface area contributed by atoms with Gasteiger partial charge in [-0.2, -0.15) is 0 Å². The summed E-state index contributed by atoms with van der Waals surface area (Å²) in [4.78, 5) is 10.5. The Morgan fingerprint density at radius 2 is 2.07 bits per heavy atom. The molecule has 14 heavy (non-hydrogen) atoms. The van der Waals surface area contributed by atoms with Gasteiger partial charge in [0.25, 0.3) is 0 Å². The molecule has 0 saturated heterocycles. The molecule has 0 aromatic carbocycles. The van der Waals surface area contributed by atoms with Crippen molar-refractivity contribution in [2.75, 3.05) is 0 Å². The average molecular weight is 238 g/mol. The van der Waals surface area contributed by atoms with Gasteiger partial charge in [0.15, 0.2) is 0 Å². The van der Waals surface area contributed by atoms with Gasteiger partial charge in [-0.3, -0.25) is 4.79 Å². The maximum Gasteiger partial charge on any atom is 0.325 e. The Morgan fingerprint density at radius 1 is 1.57 bits per heavy atom. The lowest BCUT2D eigenvalue weighted by Crippen LogP contribution is -2.33. The molecule has 3 nitrogen and oxygen atoms in total. The van der Waals surface area contributed by atoms with Crippen molar-refractivity contribution in [3.05, 3.63) is 22.3 Å². The van der Waals surface area contributed by atoms with Crippen molar-refractivity contribution in [1.82, 2.24) is 5.32 Å². The zero-order valence-corrected chi connectivity index (χ0v) is 9.61. The van der Waals surface area contributed by atoms with E-state index in [0.29, 0.717) is 17.7 Å². The van der Waals surface area contributed by atoms with Gasteiger partial charge in [-0.1, -0.05) is 36.7 Å². The normalized spacial score (nSPS) is 11.7. The number of rotatable bonds is 5. The van der Waals surface area contributed by atoms with Crippen LogP contribution in [-0.4, -0.2) is 17.1 Å². The quantitative estimate of drug-likeness (QED) is 0.724. The monoisotopic (exact) mass is 237 g/mol. The van der Waals surface area contributed by atoms with Crippen molar-refractivity contribution < 1.29 is 9.90 Å². The lowest BCUT2D eigenvalue weighted by molar-refractivity contribution is -0.138. The molecule has 5 heteroatoms. The van der Waals surface area contributed by atoms with Crippen molar-refractivity contribution in [2.45, 2.75) is 26.3 Å². The fraction of sp³-hybridized carbons (Fsp3) is 0.444. The number of nitrogens with one attached hydrogen (secondary N) is 1. The van der Waals surface area contributed by atoms with Crippen LogP contribution in [-0.2, 0) is 4.79 Å². The van der Waals surface area contributed by atoms with Crippen LogP contribution in [0.2, 0.25) is 0 Å². The zero-order chi connectivity index (χ0) is 11.3. The summed E-state index contributed by atoms with van der Waals surface area (Å²) < 4.78 is 0.114. The maximum atomic E-state index is 10.5. The molecule has 0 rings (SSSR count). The van der Waals surface area contributed by atoms with E-state index < -0.39 is 12.0 Å². The van der Waals surface area contributed by atoms with E-state index in [1.807, 2.05) is 6.92 Å². The van der Waals surface area contributed by atoms with E-state index in [1.54, 1.807) is 0 Å². The standard InChI is InChI=1S/C9H13Cl2NO2/c1-4-7(8(10)11)5(2)12-6(3)9(13)14/h6,12H,2,4H2,1,3H3,(H,13,14)/t6-/m0/s1. The lowest BCUT2D eigenvalue weighted by Gasteiger charge is -2.15. The molecule has 0 heterocycles. The predicted octanol–water partition coefficient (Wildman–Crippen LogP) is 2.66. The van der Waals surface area contributed by atoms with Crippen molar-refractivity contribution in [3.8, 4) is 0 Å². The minimum atomic E-state index is -0.952.